The van der Waals surface area contributed by atoms with Crippen LogP contribution in [0.2, 0.25) is 0 Å². The summed E-state index contributed by atoms with van der Waals surface area (Å²) in [4.78, 5) is 13.9. The van der Waals surface area contributed by atoms with Crippen LogP contribution in [0.25, 0.3) is 5.69 Å². The third-order valence-corrected chi connectivity index (χ3v) is 4.72. The molecule has 7 nitrogen and oxygen atoms in total. The van der Waals surface area contributed by atoms with Crippen LogP contribution in [-0.4, -0.2) is 50.4 Å². The van der Waals surface area contributed by atoms with Crippen LogP contribution in [0.4, 0.5) is 4.79 Å². The lowest BCUT2D eigenvalue weighted by atomic mass is 9.93. The Balaban J connectivity index is 1.65. The number of piperidine rings is 1. The van der Waals surface area contributed by atoms with Crippen molar-refractivity contribution in [3.63, 3.8) is 0 Å². The first kappa shape index (κ1) is 18.1. The first-order chi connectivity index (χ1) is 12.7. The summed E-state index contributed by atoms with van der Waals surface area (Å²) < 4.78 is 1.93. The van der Waals surface area contributed by atoms with Crippen molar-refractivity contribution in [2.75, 3.05) is 19.6 Å². The molecule has 1 saturated heterocycles. The van der Waals surface area contributed by atoms with Gasteiger partial charge in [0.1, 0.15) is 12.4 Å². The van der Waals surface area contributed by atoms with Gasteiger partial charge in [0.25, 0.3) is 0 Å². The van der Waals surface area contributed by atoms with E-state index in [0.29, 0.717) is 18.3 Å². The molecule has 0 atom stereocenters. The molecule has 1 aliphatic heterocycles. The molecule has 0 spiro atoms. The van der Waals surface area contributed by atoms with Gasteiger partial charge in [-0.3, -0.25) is 4.57 Å². The molecule has 0 aliphatic carbocycles. The summed E-state index contributed by atoms with van der Waals surface area (Å²) >= 11 is 0. The molecule has 1 aliphatic rings. The van der Waals surface area contributed by atoms with Gasteiger partial charge >= 0.3 is 6.03 Å². The zero-order valence-electron chi connectivity index (χ0n) is 14.8. The second-order valence-corrected chi connectivity index (χ2v) is 6.47. The van der Waals surface area contributed by atoms with Crippen LogP contribution in [-0.2, 0) is 13.0 Å². The molecule has 1 aromatic carbocycles. The van der Waals surface area contributed by atoms with Gasteiger partial charge in [-0.2, -0.15) is 0 Å². The van der Waals surface area contributed by atoms with Crippen molar-refractivity contribution in [1.29, 1.82) is 0 Å². The van der Waals surface area contributed by atoms with Crippen LogP contribution in [0.3, 0.4) is 0 Å². The number of urea groups is 1. The van der Waals surface area contributed by atoms with Gasteiger partial charge < -0.3 is 15.3 Å². The Morgan fingerprint density at radius 3 is 2.58 bits per heavy atom. The summed E-state index contributed by atoms with van der Waals surface area (Å²) in [7, 11) is 0. The van der Waals surface area contributed by atoms with E-state index in [4.69, 9.17) is 0 Å². The number of carbonyl (C=O) groups is 1. The summed E-state index contributed by atoms with van der Waals surface area (Å²) in [5.41, 5.74) is 0.956. The fourth-order valence-corrected chi connectivity index (χ4v) is 3.33. The predicted molar refractivity (Wildman–Crippen MR) is 98.9 cm³/mol. The lowest BCUT2D eigenvalue weighted by Gasteiger charge is -2.31. The predicted octanol–water partition coefficient (Wildman–Crippen LogP) is 1.91. The van der Waals surface area contributed by atoms with Gasteiger partial charge in [0, 0.05) is 31.7 Å². The molecule has 0 bridgehead atoms. The minimum atomic E-state index is -0.149. The fourth-order valence-electron chi connectivity index (χ4n) is 3.33. The number of rotatable bonds is 6. The van der Waals surface area contributed by atoms with Gasteiger partial charge in [-0.15, -0.1) is 16.8 Å². The zero-order valence-corrected chi connectivity index (χ0v) is 14.8. The lowest BCUT2D eigenvalue weighted by Crippen LogP contribution is -2.44. The van der Waals surface area contributed by atoms with E-state index < -0.39 is 0 Å². The van der Waals surface area contributed by atoms with Gasteiger partial charge in [0.2, 0.25) is 0 Å². The van der Waals surface area contributed by atoms with Crippen molar-refractivity contribution >= 4 is 6.03 Å². The molecule has 2 heterocycles. The maximum absolute atomic E-state index is 12.0. The molecular weight excluding hydrogens is 330 g/mol. The average Bonchev–Trinajstić information content (AvgIpc) is 3.10. The van der Waals surface area contributed by atoms with Crippen molar-refractivity contribution in [3.8, 4) is 5.69 Å². The summed E-state index contributed by atoms with van der Waals surface area (Å²) in [6.07, 6.45) is 4.32. The molecule has 2 amide bonds. The van der Waals surface area contributed by atoms with E-state index in [1.165, 1.54) is 0 Å². The van der Waals surface area contributed by atoms with Gasteiger partial charge in [-0.25, -0.2) is 4.79 Å². The third-order valence-electron chi connectivity index (χ3n) is 4.72. The van der Waals surface area contributed by atoms with Gasteiger partial charge in [-0.1, -0.05) is 24.3 Å². The van der Waals surface area contributed by atoms with Gasteiger partial charge in [0.15, 0.2) is 5.82 Å². The van der Waals surface area contributed by atoms with Crippen LogP contribution in [0.1, 0.15) is 24.5 Å². The number of aliphatic hydroxyl groups excluding tert-OH is 1. The Kier molecular flexibility index (Phi) is 6.01. The van der Waals surface area contributed by atoms with Crippen LogP contribution in [0.15, 0.2) is 43.0 Å². The monoisotopic (exact) mass is 355 g/mol. The molecule has 1 fully saturated rings. The molecule has 3 rings (SSSR count). The van der Waals surface area contributed by atoms with Gasteiger partial charge in [0.05, 0.1) is 0 Å². The molecular formula is C19H25N5O2. The Labute approximate surface area is 153 Å². The Morgan fingerprint density at radius 2 is 1.92 bits per heavy atom. The number of likely N-dealkylation sites (tertiary alicyclic amines) is 1. The molecule has 1 aromatic heterocycles. The minimum Gasteiger partial charge on any atom is -0.388 e. The highest BCUT2D eigenvalue weighted by molar-refractivity contribution is 5.74. The van der Waals surface area contributed by atoms with E-state index in [0.717, 1.165) is 43.9 Å². The summed E-state index contributed by atoms with van der Waals surface area (Å²) in [6.45, 7) is 5.42. The fraction of sp³-hybridized carbons (Fsp3) is 0.421. The number of hydrogen-bond acceptors (Lipinski definition) is 4. The number of nitrogens with zero attached hydrogens (tertiary/aromatic N) is 4. The van der Waals surface area contributed by atoms with E-state index >= 15 is 0 Å². The van der Waals surface area contributed by atoms with Crippen molar-refractivity contribution in [3.05, 3.63) is 54.6 Å². The van der Waals surface area contributed by atoms with Crippen LogP contribution in [0, 0.1) is 5.92 Å². The normalized spacial score (nSPS) is 15.0. The third kappa shape index (κ3) is 4.11. The Morgan fingerprint density at radius 1 is 1.23 bits per heavy atom. The van der Waals surface area contributed by atoms with E-state index in [1.807, 2.05) is 39.8 Å². The maximum atomic E-state index is 12.0. The average molecular weight is 355 g/mol. The molecule has 0 radical (unpaired) electrons. The highest BCUT2D eigenvalue weighted by Crippen LogP contribution is 2.23. The molecule has 138 valence electrons. The van der Waals surface area contributed by atoms with Crippen molar-refractivity contribution in [1.82, 2.24) is 25.0 Å². The highest BCUT2D eigenvalue weighted by Gasteiger charge is 2.25. The van der Waals surface area contributed by atoms with Crippen LogP contribution in [0.5, 0.6) is 0 Å². The lowest BCUT2D eigenvalue weighted by molar-refractivity contribution is 0.170. The Bertz CT molecular complexity index is 736. The van der Waals surface area contributed by atoms with Gasteiger partial charge in [-0.05, 0) is 30.9 Å². The second kappa shape index (κ2) is 8.62. The standard InChI is InChI=1S/C19H25N5O2/c1-2-10-20-19(26)23-11-8-15(9-12-23)13-17-21-22-18(14-25)24(17)16-6-4-3-5-7-16/h2-7,15,25H,1,8-14H2,(H,20,26). The number of benzene rings is 1. The van der Waals surface area contributed by atoms with E-state index in [-0.39, 0.29) is 12.6 Å². The number of para-hydroxylation sites is 1. The van der Waals surface area contributed by atoms with E-state index in [9.17, 15) is 9.90 Å². The molecule has 0 unspecified atom stereocenters. The molecule has 2 aromatic rings. The number of nitrogens with one attached hydrogen (secondary N) is 1. The molecule has 7 heteroatoms. The number of aliphatic hydroxyl groups is 1. The number of hydrogen-bond donors (Lipinski definition) is 2. The Hall–Kier alpha value is -2.67. The smallest absolute Gasteiger partial charge is 0.317 e. The first-order valence-electron chi connectivity index (χ1n) is 8.96. The van der Waals surface area contributed by atoms with Crippen LogP contribution < -0.4 is 5.32 Å². The highest BCUT2D eigenvalue weighted by atomic mass is 16.3. The first-order valence-corrected chi connectivity index (χ1v) is 8.96. The number of amides is 2. The molecule has 0 saturated carbocycles. The van der Waals surface area contributed by atoms with E-state index in [2.05, 4.69) is 22.1 Å². The maximum Gasteiger partial charge on any atom is 0.317 e. The van der Waals surface area contributed by atoms with Crippen molar-refractivity contribution in [2.45, 2.75) is 25.9 Å². The quantitative estimate of drug-likeness (QED) is 0.776. The topological polar surface area (TPSA) is 83.3 Å². The SMILES string of the molecule is C=CCNC(=O)N1CCC(Cc2nnc(CO)n2-c2ccccc2)CC1. The van der Waals surface area contributed by atoms with Crippen molar-refractivity contribution < 1.29 is 9.90 Å². The molecule has 2 N–H and O–H groups in total. The molecule has 26 heavy (non-hydrogen) atoms. The van der Waals surface area contributed by atoms with Crippen LogP contribution >= 0.6 is 0 Å². The summed E-state index contributed by atoms with van der Waals surface area (Å²) in [5.74, 6) is 1.85. The van der Waals surface area contributed by atoms with E-state index in [1.54, 1.807) is 6.08 Å². The zero-order chi connectivity index (χ0) is 18.4. The summed E-state index contributed by atoms with van der Waals surface area (Å²) in [5, 5.41) is 20.8. The number of carbonyl (C=O) groups excluding carboxylic acids is 1. The number of aromatic nitrogens is 3. The van der Waals surface area contributed by atoms with Crippen molar-refractivity contribution in [2.24, 2.45) is 5.92 Å². The minimum absolute atomic E-state index is 0.0293. The second-order valence-electron chi connectivity index (χ2n) is 6.47. The largest absolute Gasteiger partial charge is 0.388 e. The summed E-state index contributed by atoms with van der Waals surface area (Å²) in [6, 6.07) is 9.82.